The molecule has 6 heteroatoms. The summed E-state index contributed by atoms with van der Waals surface area (Å²) in [6.07, 6.45) is 0.636. The molecule has 1 heterocycles. The van der Waals surface area contributed by atoms with E-state index in [1.807, 2.05) is 20.8 Å². The fourth-order valence-electron chi connectivity index (χ4n) is 1.47. The molecule has 2 N–H and O–H groups in total. The molecule has 0 aliphatic heterocycles. The lowest BCUT2D eigenvalue weighted by atomic mass is 10.2. The summed E-state index contributed by atoms with van der Waals surface area (Å²) in [6, 6.07) is 0.160. The van der Waals surface area contributed by atoms with E-state index in [2.05, 4.69) is 10.3 Å². The van der Waals surface area contributed by atoms with E-state index >= 15 is 0 Å². The van der Waals surface area contributed by atoms with Crippen molar-refractivity contribution in [3.8, 4) is 0 Å². The van der Waals surface area contributed by atoms with Gasteiger partial charge < -0.3 is 10.5 Å². The normalized spacial score (nSPS) is 14.8. The van der Waals surface area contributed by atoms with Gasteiger partial charge in [-0.25, -0.2) is 4.68 Å². The van der Waals surface area contributed by atoms with Crippen molar-refractivity contribution in [2.24, 2.45) is 5.73 Å². The molecule has 2 atom stereocenters. The Labute approximate surface area is 94.8 Å². The van der Waals surface area contributed by atoms with Gasteiger partial charge in [-0.15, -0.1) is 5.10 Å². The van der Waals surface area contributed by atoms with Crippen LogP contribution in [0.3, 0.4) is 0 Å². The highest BCUT2D eigenvalue weighted by Crippen LogP contribution is 2.22. The van der Waals surface area contributed by atoms with Crippen LogP contribution in [-0.2, 0) is 4.74 Å². The van der Waals surface area contributed by atoms with E-state index in [0.29, 0.717) is 5.69 Å². The molecule has 0 radical (unpaired) electrons. The summed E-state index contributed by atoms with van der Waals surface area (Å²) in [5, 5.41) is 7.78. The summed E-state index contributed by atoms with van der Waals surface area (Å²) in [5.74, 6) is -0.576. The van der Waals surface area contributed by atoms with E-state index < -0.39 is 5.91 Å². The Hall–Kier alpha value is -1.43. The van der Waals surface area contributed by atoms with Crippen LogP contribution in [0.25, 0.3) is 0 Å². The number of nitrogens with two attached hydrogens (primary N) is 1. The van der Waals surface area contributed by atoms with Crippen LogP contribution >= 0.6 is 0 Å². The summed E-state index contributed by atoms with van der Waals surface area (Å²) >= 11 is 0. The van der Waals surface area contributed by atoms with Gasteiger partial charge in [0.2, 0.25) is 0 Å². The van der Waals surface area contributed by atoms with Crippen molar-refractivity contribution in [3.05, 3.63) is 11.4 Å². The molecule has 1 aromatic rings. The van der Waals surface area contributed by atoms with Gasteiger partial charge in [-0.05, 0) is 20.3 Å². The highest BCUT2D eigenvalue weighted by molar-refractivity contribution is 5.91. The van der Waals surface area contributed by atoms with Crippen LogP contribution in [0, 0.1) is 0 Å². The van der Waals surface area contributed by atoms with Crippen LogP contribution < -0.4 is 5.73 Å². The van der Waals surface area contributed by atoms with E-state index in [9.17, 15) is 4.79 Å². The Morgan fingerprint density at radius 2 is 2.19 bits per heavy atom. The minimum Gasteiger partial charge on any atom is -0.375 e. The van der Waals surface area contributed by atoms with Crippen LogP contribution in [0.15, 0.2) is 0 Å². The molecule has 90 valence electrons. The number of amides is 1. The SMILES string of the molecule is CCC(C)n1nnc(C(N)=O)c1C(C)OC. The van der Waals surface area contributed by atoms with Gasteiger partial charge in [-0.1, -0.05) is 12.1 Å². The van der Waals surface area contributed by atoms with Gasteiger partial charge in [0.25, 0.3) is 5.91 Å². The maximum atomic E-state index is 11.2. The third-order valence-electron chi connectivity index (χ3n) is 2.71. The number of aromatic nitrogens is 3. The summed E-state index contributed by atoms with van der Waals surface area (Å²) < 4.78 is 6.91. The molecule has 1 aromatic heterocycles. The molecule has 0 spiro atoms. The fraction of sp³-hybridized carbons (Fsp3) is 0.700. The average molecular weight is 226 g/mol. The van der Waals surface area contributed by atoms with Gasteiger partial charge >= 0.3 is 0 Å². The highest BCUT2D eigenvalue weighted by atomic mass is 16.5. The molecular weight excluding hydrogens is 208 g/mol. The van der Waals surface area contributed by atoms with Crippen LogP contribution in [0.2, 0.25) is 0 Å². The maximum Gasteiger partial charge on any atom is 0.271 e. The first kappa shape index (κ1) is 12.6. The molecule has 0 aliphatic carbocycles. The first-order chi connectivity index (χ1) is 7.52. The Balaban J connectivity index is 3.24. The van der Waals surface area contributed by atoms with Crippen LogP contribution in [0.4, 0.5) is 0 Å². The largest absolute Gasteiger partial charge is 0.375 e. The van der Waals surface area contributed by atoms with Crippen molar-refractivity contribution in [2.45, 2.75) is 39.3 Å². The minimum atomic E-state index is -0.576. The quantitative estimate of drug-likeness (QED) is 0.813. The summed E-state index contributed by atoms with van der Waals surface area (Å²) in [4.78, 5) is 11.2. The van der Waals surface area contributed by atoms with Crippen molar-refractivity contribution in [2.75, 3.05) is 7.11 Å². The van der Waals surface area contributed by atoms with Gasteiger partial charge in [0.15, 0.2) is 5.69 Å². The number of rotatable bonds is 5. The molecule has 1 amide bonds. The number of carbonyl (C=O) groups excluding carboxylic acids is 1. The van der Waals surface area contributed by atoms with Crippen LogP contribution in [0.1, 0.15) is 55.5 Å². The Bertz CT molecular complexity index is 375. The van der Waals surface area contributed by atoms with Gasteiger partial charge in [-0.3, -0.25) is 4.79 Å². The molecule has 1 rings (SSSR count). The lowest BCUT2D eigenvalue weighted by Gasteiger charge is -2.16. The van der Waals surface area contributed by atoms with Gasteiger partial charge in [0, 0.05) is 7.11 Å². The molecule has 0 saturated heterocycles. The number of carbonyl (C=O) groups is 1. The van der Waals surface area contributed by atoms with Crippen molar-refractivity contribution in [1.29, 1.82) is 0 Å². The standard InChI is InChI=1S/C10H18N4O2/c1-5-6(2)14-9(7(3)16-4)8(10(11)15)12-13-14/h6-7H,5H2,1-4H3,(H2,11,15). The fourth-order valence-corrected chi connectivity index (χ4v) is 1.47. The number of primary amides is 1. The van der Waals surface area contributed by atoms with Gasteiger partial charge in [0.1, 0.15) is 5.69 Å². The molecule has 0 bridgehead atoms. The van der Waals surface area contributed by atoms with Gasteiger partial charge in [-0.2, -0.15) is 0 Å². The number of nitrogens with zero attached hydrogens (tertiary/aromatic N) is 3. The van der Waals surface area contributed by atoms with E-state index in [4.69, 9.17) is 10.5 Å². The van der Waals surface area contributed by atoms with Crippen LogP contribution in [0.5, 0.6) is 0 Å². The molecule has 0 fully saturated rings. The molecule has 0 aromatic carbocycles. The summed E-state index contributed by atoms with van der Waals surface area (Å²) in [6.45, 7) is 5.88. The molecule has 0 saturated carbocycles. The van der Waals surface area contributed by atoms with Crippen LogP contribution in [-0.4, -0.2) is 28.0 Å². The number of ether oxygens (including phenoxy) is 1. The van der Waals surface area contributed by atoms with Gasteiger partial charge in [0.05, 0.1) is 12.1 Å². The Kier molecular flexibility index (Phi) is 4.00. The summed E-state index contributed by atoms with van der Waals surface area (Å²) in [5.41, 5.74) is 6.08. The highest BCUT2D eigenvalue weighted by Gasteiger charge is 2.24. The predicted octanol–water partition coefficient (Wildman–Crippen LogP) is 1.06. The van der Waals surface area contributed by atoms with E-state index in [1.54, 1.807) is 11.8 Å². The molecular formula is C10H18N4O2. The zero-order chi connectivity index (χ0) is 12.3. The average Bonchev–Trinajstić information content (AvgIpc) is 2.71. The zero-order valence-electron chi connectivity index (χ0n) is 10.1. The number of hydrogen-bond acceptors (Lipinski definition) is 4. The van der Waals surface area contributed by atoms with E-state index in [-0.39, 0.29) is 17.8 Å². The molecule has 0 aliphatic rings. The smallest absolute Gasteiger partial charge is 0.271 e. The molecule has 16 heavy (non-hydrogen) atoms. The van der Waals surface area contributed by atoms with Crippen molar-refractivity contribution < 1.29 is 9.53 Å². The lowest BCUT2D eigenvalue weighted by molar-refractivity contribution is 0.0957. The minimum absolute atomic E-state index is 0.160. The van der Waals surface area contributed by atoms with E-state index in [1.165, 1.54) is 0 Å². The Morgan fingerprint density at radius 1 is 1.56 bits per heavy atom. The van der Waals surface area contributed by atoms with Crippen molar-refractivity contribution in [3.63, 3.8) is 0 Å². The lowest BCUT2D eigenvalue weighted by Crippen LogP contribution is -2.19. The second kappa shape index (κ2) is 5.07. The van der Waals surface area contributed by atoms with Crippen molar-refractivity contribution in [1.82, 2.24) is 15.0 Å². The predicted molar refractivity (Wildman–Crippen MR) is 59.0 cm³/mol. The third kappa shape index (κ3) is 2.21. The number of methoxy groups -OCH3 is 1. The topological polar surface area (TPSA) is 83.0 Å². The zero-order valence-corrected chi connectivity index (χ0v) is 10.1. The Morgan fingerprint density at radius 3 is 2.62 bits per heavy atom. The third-order valence-corrected chi connectivity index (χ3v) is 2.71. The van der Waals surface area contributed by atoms with Crippen molar-refractivity contribution >= 4 is 5.91 Å². The first-order valence-corrected chi connectivity index (χ1v) is 5.30. The summed E-state index contributed by atoms with van der Waals surface area (Å²) in [7, 11) is 1.57. The molecule has 6 nitrogen and oxygen atoms in total. The number of hydrogen-bond donors (Lipinski definition) is 1. The van der Waals surface area contributed by atoms with E-state index in [0.717, 1.165) is 6.42 Å². The molecule has 2 unspecified atom stereocenters. The second-order valence-electron chi connectivity index (χ2n) is 3.77. The maximum absolute atomic E-state index is 11.2. The second-order valence-corrected chi connectivity index (χ2v) is 3.77. The monoisotopic (exact) mass is 226 g/mol. The first-order valence-electron chi connectivity index (χ1n) is 5.30.